The summed E-state index contributed by atoms with van der Waals surface area (Å²) in [6.45, 7) is 0. The molecule has 7 heteroatoms. The molecule has 0 N–H and O–H groups in total. The molecule has 2 aromatic rings. The molecule has 0 saturated heterocycles. The van der Waals surface area contributed by atoms with E-state index in [4.69, 9.17) is 0 Å². The number of hydrogen-bond donors (Lipinski definition) is 0. The van der Waals surface area contributed by atoms with E-state index in [1.54, 1.807) is 17.4 Å². The van der Waals surface area contributed by atoms with Crippen molar-refractivity contribution in [3.8, 4) is 0 Å². The van der Waals surface area contributed by atoms with Gasteiger partial charge in [-0.3, -0.25) is 0 Å². The SMILES string of the molecule is C[As](C)c1ccccc1[As](C)C.C[As](C)c1ccccc1[As](C)C.[I][Fe][I]. The monoisotopic (exact) mass is 882 g/mol. The average Bonchev–Trinajstić information content (AvgIpc) is 2.62. The Kier molecular flexibility index (Phi) is 18.9. The predicted molar refractivity (Wildman–Crippen MR) is 149 cm³/mol. The van der Waals surface area contributed by atoms with Gasteiger partial charge < -0.3 is 0 Å². The van der Waals surface area contributed by atoms with Crippen molar-refractivity contribution in [2.45, 2.75) is 45.7 Å². The summed E-state index contributed by atoms with van der Waals surface area (Å²) < 4.78 is 6.81. The van der Waals surface area contributed by atoms with E-state index < -0.39 is 58.6 Å². The zero-order valence-electron chi connectivity index (χ0n) is 17.5. The van der Waals surface area contributed by atoms with Gasteiger partial charge in [0.05, 0.1) is 0 Å². The van der Waals surface area contributed by atoms with Crippen LogP contribution in [0.5, 0.6) is 0 Å². The molecule has 2 rings (SSSR count). The molecule has 27 heavy (non-hydrogen) atoms. The summed E-state index contributed by atoms with van der Waals surface area (Å²) in [5, 5.41) is 0. The second-order valence-corrected chi connectivity index (χ2v) is 35.0. The van der Waals surface area contributed by atoms with E-state index in [1.165, 1.54) is 8.46 Å². The van der Waals surface area contributed by atoms with Gasteiger partial charge in [0, 0.05) is 0 Å². The van der Waals surface area contributed by atoms with Crippen molar-refractivity contribution in [3.63, 3.8) is 0 Å². The van der Waals surface area contributed by atoms with E-state index in [0.29, 0.717) is 0 Å². The molecule has 0 atom stereocenters. The van der Waals surface area contributed by atoms with Gasteiger partial charge in [0.15, 0.2) is 0 Å². The molecule has 0 heterocycles. The maximum atomic E-state index is 2.42. The molecular formula is C20H32As4FeI2. The van der Waals surface area contributed by atoms with Crippen LogP contribution in [-0.2, 0) is 8.46 Å². The molecule has 0 unspecified atom stereocenters. The summed E-state index contributed by atoms with van der Waals surface area (Å²) in [5.41, 5.74) is 19.4. The van der Waals surface area contributed by atoms with Gasteiger partial charge in [0.25, 0.3) is 0 Å². The molecule has 0 fully saturated rings. The van der Waals surface area contributed by atoms with Gasteiger partial charge in [-0.15, -0.1) is 0 Å². The number of rotatable bonds is 4. The Balaban J connectivity index is 0.000000438. The minimum absolute atomic E-state index is 0.651. The van der Waals surface area contributed by atoms with Gasteiger partial charge in [-0.2, -0.15) is 0 Å². The van der Waals surface area contributed by atoms with Gasteiger partial charge in [-0.05, 0) is 0 Å². The molecule has 0 nitrogen and oxygen atoms in total. The molecule has 0 spiro atoms. The summed E-state index contributed by atoms with van der Waals surface area (Å²) in [6.07, 6.45) is 0. The van der Waals surface area contributed by atoms with Crippen molar-refractivity contribution >= 4 is 117 Å². The zero-order chi connectivity index (χ0) is 21.0. The van der Waals surface area contributed by atoms with Crippen molar-refractivity contribution in [2.75, 3.05) is 0 Å². The second-order valence-electron chi connectivity index (χ2n) is 6.61. The number of benzene rings is 2. The van der Waals surface area contributed by atoms with E-state index in [1.807, 2.05) is 0 Å². The Bertz CT molecular complexity index is 540. The quantitative estimate of drug-likeness (QED) is 0.301. The molecule has 0 aliphatic carbocycles. The topological polar surface area (TPSA) is 0 Å². The fraction of sp³-hybridized carbons (Fsp3) is 0.400. The first-order valence-corrected chi connectivity index (χ1v) is 34.3. The summed E-state index contributed by atoms with van der Waals surface area (Å²) >= 11 is 1.95. The molecule has 154 valence electrons. The average molecular weight is 882 g/mol. The van der Waals surface area contributed by atoms with Crippen LogP contribution < -0.4 is 17.4 Å². The second kappa shape index (κ2) is 17.2. The first-order chi connectivity index (χ1) is 12.7. The molecule has 0 bridgehead atoms. The van der Waals surface area contributed by atoms with E-state index in [-0.39, 0.29) is 0 Å². The van der Waals surface area contributed by atoms with Crippen LogP contribution in [-0.4, -0.2) is 58.6 Å². The van der Waals surface area contributed by atoms with Gasteiger partial charge in [0.2, 0.25) is 0 Å². The third-order valence-electron chi connectivity index (χ3n) is 3.69. The van der Waals surface area contributed by atoms with Crippen LogP contribution in [0, 0.1) is 0 Å². The van der Waals surface area contributed by atoms with Crippen molar-refractivity contribution in [3.05, 3.63) is 48.5 Å². The van der Waals surface area contributed by atoms with Crippen LogP contribution in [0.1, 0.15) is 0 Å². The summed E-state index contributed by atoms with van der Waals surface area (Å²) in [5.74, 6) is 0. The first kappa shape index (κ1) is 29.7. The predicted octanol–water partition coefficient (Wildman–Crippen LogP) is 4.99. The molecule has 0 aliphatic rings. The molecular weight excluding hydrogens is 850 g/mol. The van der Waals surface area contributed by atoms with E-state index in [0.717, 1.165) is 0 Å². The Morgan fingerprint density at radius 1 is 0.481 bits per heavy atom. The van der Waals surface area contributed by atoms with Crippen LogP contribution in [0.15, 0.2) is 48.5 Å². The number of hydrogen-bond acceptors (Lipinski definition) is 0. The van der Waals surface area contributed by atoms with Gasteiger partial charge >= 0.3 is 219 Å². The molecule has 0 saturated carbocycles. The molecule has 0 radical (unpaired) electrons. The van der Waals surface area contributed by atoms with Crippen molar-refractivity contribution in [1.82, 2.24) is 0 Å². The van der Waals surface area contributed by atoms with E-state index in [9.17, 15) is 0 Å². The fourth-order valence-corrected chi connectivity index (χ4v) is 18.9. The summed E-state index contributed by atoms with van der Waals surface area (Å²) in [4.78, 5) is 0. The first-order valence-electron chi connectivity index (χ1n) is 8.39. The summed E-state index contributed by atoms with van der Waals surface area (Å²) in [6, 6.07) is 18.1. The van der Waals surface area contributed by atoms with Crippen LogP contribution in [0.4, 0.5) is 0 Å². The van der Waals surface area contributed by atoms with Crippen molar-refractivity contribution < 1.29 is 8.46 Å². The van der Waals surface area contributed by atoms with Gasteiger partial charge in [-0.25, -0.2) is 0 Å². The van der Waals surface area contributed by atoms with Crippen LogP contribution >= 0.6 is 40.7 Å². The van der Waals surface area contributed by atoms with Gasteiger partial charge in [0.1, 0.15) is 0 Å². The third kappa shape index (κ3) is 12.3. The van der Waals surface area contributed by atoms with Gasteiger partial charge in [-0.1, -0.05) is 0 Å². The van der Waals surface area contributed by atoms with Crippen LogP contribution in [0.25, 0.3) is 0 Å². The Hall–Kier alpha value is 2.65. The van der Waals surface area contributed by atoms with E-state index in [2.05, 4.69) is 135 Å². The maximum absolute atomic E-state index is 2.42. The van der Waals surface area contributed by atoms with Crippen molar-refractivity contribution in [1.29, 1.82) is 0 Å². The normalized spacial score (nSPS) is 10.7. The standard InChI is InChI=1S/2C10H16As2.Fe.2HI/c2*1-11(2)9-7-5-6-8-10(9)12(3)4;;;/h2*5-8H,1-4H3;;2*1H/q;;+2;;/p-2. The fourth-order valence-electron chi connectivity index (χ4n) is 2.44. The minimum atomic E-state index is -0.651. The molecule has 0 amide bonds. The van der Waals surface area contributed by atoms with E-state index >= 15 is 0 Å². The molecule has 2 aromatic carbocycles. The summed E-state index contributed by atoms with van der Waals surface area (Å²) in [7, 11) is 1.19. The third-order valence-corrected chi connectivity index (χ3v) is 16.7. The van der Waals surface area contributed by atoms with Crippen molar-refractivity contribution in [2.24, 2.45) is 0 Å². The Morgan fingerprint density at radius 2 is 0.630 bits per heavy atom. The van der Waals surface area contributed by atoms with Crippen LogP contribution in [0.2, 0.25) is 45.7 Å². The number of halogens is 2. The molecule has 0 aromatic heterocycles. The van der Waals surface area contributed by atoms with Crippen LogP contribution in [0.3, 0.4) is 0 Å². The Morgan fingerprint density at radius 3 is 0.741 bits per heavy atom. The zero-order valence-corrected chi connectivity index (χ0v) is 30.4. The Labute approximate surface area is 215 Å². The molecule has 0 aliphatic heterocycles.